The van der Waals surface area contributed by atoms with Gasteiger partial charge in [0.15, 0.2) is 0 Å². The highest BCUT2D eigenvalue weighted by atomic mass is 79.9. The first-order chi connectivity index (χ1) is 9.70. The zero-order chi connectivity index (χ0) is 13.9. The van der Waals surface area contributed by atoms with Crippen LogP contribution in [0.3, 0.4) is 0 Å². The number of halogens is 2. The number of hydrogen-bond acceptors (Lipinski definition) is 1. The van der Waals surface area contributed by atoms with Crippen molar-refractivity contribution in [2.75, 3.05) is 0 Å². The van der Waals surface area contributed by atoms with Crippen LogP contribution in [0, 0.1) is 0 Å². The molecule has 0 amide bonds. The van der Waals surface area contributed by atoms with Crippen molar-refractivity contribution in [3.63, 3.8) is 0 Å². The van der Waals surface area contributed by atoms with E-state index in [0.29, 0.717) is 6.61 Å². The van der Waals surface area contributed by atoms with Crippen LogP contribution in [0.25, 0.3) is 10.8 Å². The smallest absolute Gasteiger partial charge is 0.120 e. The summed E-state index contributed by atoms with van der Waals surface area (Å²) >= 11 is 6.91. The van der Waals surface area contributed by atoms with E-state index in [-0.39, 0.29) is 0 Å². The maximum absolute atomic E-state index is 5.84. The third-order valence-electron chi connectivity index (χ3n) is 3.09. The minimum absolute atomic E-state index is 0.579. The predicted octanol–water partition coefficient (Wildman–Crippen LogP) is 5.94. The molecule has 0 spiro atoms. The van der Waals surface area contributed by atoms with Crippen molar-refractivity contribution in [2.45, 2.75) is 6.61 Å². The monoisotopic (exact) mass is 390 g/mol. The van der Waals surface area contributed by atoms with E-state index in [1.807, 2.05) is 24.3 Å². The highest BCUT2D eigenvalue weighted by Crippen LogP contribution is 2.24. The van der Waals surface area contributed by atoms with Gasteiger partial charge in [0.2, 0.25) is 0 Å². The number of fused-ring (bicyclic) bond motifs is 1. The fourth-order valence-corrected chi connectivity index (χ4v) is 2.67. The van der Waals surface area contributed by atoms with E-state index < -0.39 is 0 Å². The van der Waals surface area contributed by atoms with Gasteiger partial charge in [0.1, 0.15) is 12.4 Å². The van der Waals surface area contributed by atoms with E-state index in [1.54, 1.807) is 0 Å². The van der Waals surface area contributed by atoms with Crippen LogP contribution in [0.1, 0.15) is 5.56 Å². The van der Waals surface area contributed by atoms with Crippen LogP contribution in [-0.2, 0) is 6.61 Å². The summed E-state index contributed by atoms with van der Waals surface area (Å²) in [5.41, 5.74) is 1.16. The highest BCUT2D eigenvalue weighted by molar-refractivity contribution is 9.10. The molecule has 3 aromatic rings. The number of ether oxygens (including phenoxy) is 1. The molecule has 3 aromatic carbocycles. The van der Waals surface area contributed by atoms with Gasteiger partial charge in [0.05, 0.1) is 0 Å². The Kier molecular flexibility index (Phi) is 4.08. The summed E-state index contributed by atoms with van der Waals surface area (Å²) in [4.78, 5) is 0. The summed E-state index contributed by atoms with van der Waals surface area (Å²) in [6.07, 6.45) is 0. The highest BCUT2D eigenvalue weighted by Gasteiger charge is 2.00. The molecule has 0 radical (unpaired) electrons. The fourth-order valence-electron chi connectivity index (χ4n) is 2.03. The van der Waals surface area contributed by atoms with Crippen molar-refractivity contribution < 1.29 is 4.74 Å². The van der Waals surface area contributed by atoms with Gasteiger partial charge in [-0.1, -0.05) is 56.1 Å². The first-order valence-electron chi connectivity index (χ1n) is 6.27. The van der Waals surface area contributed by atoms with Gasteiger partial charge in [-0.15, -0.1) is 0 Å². The molecule has 0 fully saturated rings. The molecule has 0 atom stereocenters. The van der Waals surface area contributed by atoms with Crippen molar-refractivity contribution in [3.8, 4) is 5.75 Å². The average Bonchev–Trinajstić information content (AvgIpc) is 2.46. The summed E-state index contributed by atoms with van der Waals surface area (Å²) in [6, 6.07) is 20.6. The minimum atomic E-state index is 0.579. The van der Waals surface area contributed by atoms with E-state index >= 15 is 0 Å². The molecule has 20 heavy (non-hydrogen) atoms. The summed E-state index contributed by atoms with van der Waals surface area (Å²) in [5, 5.41) is 2.39. The molecule has 0 heterocycles. The van der Waals surface area contributed by atoms with Gasteiger partial charge in [-0.3, -0.25) is 0 Å². The predicted molar refractivity (Wildman–Crippen MR) is 90.1 cm³/mol. The largest absolute Gasteiger partial charge is 0.489 e. The van der Waals surface area contributed by atoms with Crippen LogP contribution in [0.2, 0.25) is 0 Å². The van der Waals surface area contributed by atoms with Gasteiger partial charge in [0, 0.05) is 8.95 Å². The quantitative estimate of drug-likeness (QED) is 0.536. The second-order valence-corrected chi connectivity index (χ2v) is 6.40. The van der Waals surface area contributed by atoms with Crippen LogP contribution >= 0.6 is 31.9 Å². The first kappa shape index (κ1) is 13.7. The Morgan fingerprint density at radius 3 is 2.15 bits per heavy atom. The molecule has 100 valence electrons. The third kappa shape index (κ3) is 3.22. The van der Waals surface area contributed by atoms with Crippen molar-refractivity contribution in [1.29, 1.82) is 0 Å². The molecule has 3 rings (SSSR count). The van der Waals surface area contributed by atoms with Gasteiger partial charge in [-0.05, 0) is 52.7 Å². The third-order valence-corrected chi connectivity index (χ3v) is 4.11. The molecule has 0 aliphatic heterocycles. The maximum Gasteiger partial charge on any atom is 0.120 e. The second kappa shape index (κ2) is 5.98. The molecule has 0 aliphatic carbocycles. The summed E-state index contributed by atoms with van der Waals surface area (Å²) in [6.45, 7) is 0.579. The van der Waals surface area contributed by atoms with Crippen LogP contribution in [-0.4, -0.2) is 0 Å². The molecule has 0 N–H and O–H groups in total. The molecular formula is C17H12Br2O. The molecule has 0 unspecified atom stereocenters. The Hall–Kier alpha value is -1.32. The fraction of sp³-hybridized carbons (Fsp3) is 0.0588. The minimum Gasteiger partial charge on any atom is -0.489 e. The lowest BCUT2D eigenvalue weighted by atomic mass is 10.1. The van der Waals surface area contributed by atoms with Gasteiger partial charge >= 0.3 is 0 Å². The number of hydrogen-bond donors (Lipinski definition) is 0. The standard InChI is InChI=1S/C17H12Br2O/c18-15-5-1-12(2-6-15)11-20-17-8-4-13-9-16(19)7-3-14(13)10-17/h1-10H,11H2. The SMILES string of the molecule is Brc1ccc(COc2ccc3cc(Br)ccc3c2)cc1. The van der Waals surface area contributed by atoms with E-state index in [1.165, 1.54) is 10.8 Å². The van der Waals surface area contributed by atoms with E-state index in [2.05, 4.69) is 68.3 Å². The van der Waals surface area contributed by atoms with Gasteiger partial charge in [-0.2, -0.15) is 0 Å². The van der Waals surface area contributed by atoms with E-state index in [9.17, 15) is 0 Å². The maximum atomic E-state index is 5.84. The lowest BCUT2D eigenvalue weighted by Gasteiger charge is -2.08. The molecule has 0 saturated heterocycles. The Bertz CT molecular complexity index is 736. The lowest BCUT2D eigenvalue weighted by Crippen LogP contribution is -1.94. The summed E-state index contributed by atoms with van der Waals surface area (Å²) in [7, 11) is 0. The Morgan fingerprint density at radius 2 is 1.35 bits per heavy atom. The van der Waals surface area contributed by atoms with E-state index in [0.717, 1.165) is 20.3 Å². The van der Waals surface area contributed by atoms with Crippen LogP contribution in [0.15, 0.2) is 69.6 Å². The zero-order valence-corrected chi connectivity index (χ0v) is 13.8. The zero-order valence-electron chi connectivity index (χ0n) is 10.6. The average molecular weight is 392 g/mol. The Labute approximate surface area is 134 Å². The van der Waals surface area contributed by atoms with E-state index in [4.69, 9.17) is 4.74 Å². The lowest BCUT2D eigenvalue weighted by molar-refractivity contribution is 0.306. The Morgan fingerprint density at radius 1 is 0.700 bits per heavy atom. The summed E-state index contributed by atoms with van der Waals surface area (Å²) in [5.74, 6) is 0.891. The molecule has 3 heteroatoms. The van der Waals surface area contributed by atoms with Gasteiger partial charge in [-0.25, -0.2) is 0 Å². The molecular weight excluding hydrogens is 380 g/mol. The first-order valence-corrected chi connectivity index (χ1v) is 7.86. The second-order valence-electron chi connectivity index (χ2n) is 4.57. The molecule has 0 saturated carbocycles. The van der Waals surface area contributed by atoms with Crippen LogP contribution in [0.5, 0.6) is 5.75 Å². The van der Waals surface area contributed by atoms with Crippen LogP contribution in [0.4, 0.5) is 0 Å². The Balaban J connectivity index is 1.77. The van der Waals surface area contributed by atoms with Gasteiger partial charge in [0.25, 0.3) is 0 Å². The van der Waals surface area contributed by atoms with Crippen molar-refractivity contribution in [2.24, 2.45) is 0 Å². The number of benzene rings is 3. The summed E-state index contributed by atoms with van der Waals surface area (Å²) < 4.78 is 8.02. The normalized spacial score (nSPS) is 10.7. The van der Waals surface area contributed by atoms with Crippen molar-refractivity contribution >= 4 is 42.6 Å². The van der Waals surface area contributed by atoms with Crippen LogP contribution < -0.4 is 4.74 Å². The van der Waals surface area contributed by atoms with Gasteiger partial charge < -0.3 is 4.74 Å². The molecule has 1 nitrogen and oxygen atoms in total. The number of rotatable bonds is 3. The molecule has 0 bridgehead atoms. The van der Waals surface area contributed by atoms with Crippen molar-refractivity contribution in [1.82, 2.24) is 0 Å². The van der Waals surface area contributed by atoms with Crippen molar-refractivity contribution in [3.05, 3.63) is 75.2 Å². The molecule has 0 aliphatic rings. The molecule has 0 aromatic heterocycles. The topological polar surface area (TPSA) is 9.23 Å².